The summed E-state index contributed by atoms with van der Waals surface area (Å²) in [5, 5.41) is 2.94. The highest BCUT2D eigenvalue weighted by molar-refractivity contribution is 5.81. The molecule has 0 spiro atoms. The van der Waals surface area contributed by atoms with Gasteiger partial charge in [0.25, 0.3) is 0 Å². The molecule has 1 saturated heterocycles. The predicted molar refractivity (Wildman–Crippen MR) is 77.2 cm³/mol. The van der Waals surface area contributed by atoms with Crippen molar-refractivity contribution in [2.24, 2.45) is 0 Å². The van der Waals surface area contributed by atoms with Crippen molar-refractivity contribution in [1.82, 2.24) is 5.32 Å². The summed E-state index contributed by atoms with van der Waals surface area (Å²) >= 11 is 0. The standard InChI is InChI=1S/C17H17NO2/c19-17-15(11-13-7-3-1-4-8-13)20-16(12-18-17)14-9-5-2-6-10-14/h1-10,15-16H,11-12H2,(H,18,19)/t15-,16-/m0/s1. The molecule has 2 aromatic rings. The van der Waals surface area contributed by atoms with E-state index >= 15 is 0 Å². The van der Waals surface area contributed by atoms with E-state index in [2.05, 4.69) is 5.32 Å². The lowest BCUT2D eigenvalue weighted by Crippen LogP contribution is -2.46. The molecule has 1 heterocycles. The smallest absolute Gasteiger partial charge is 0.249 e. The Morgan fingerprint density at radius 1 is 1.00 bits per heavy atom. The molecular formula is C17H17NO2. The Kier molecular flexibility index (Phi) is 3.79. The number of rotatable bonds is 3. The van der Waals surface area contributed by atoms with Crippen molar-refractivity contribution in [3.05, 3.63) is 71.8 Å². The van der Waals surface area contributed by atoms with Gasteiger partial charge in [-0.3, -0.25) is 4.79 Å². The molecule has 102 valence electrons. The minimum absolute atomic E-state index is 0.0268. The average Bonchev–Trinajstić information content (AvgIpc) is 2.51. The Hall–Kier alpha value is -2.13. The van der Waals surface area contributed by atoms with E-state index in [-0.39, 0.29) is 12.0 Å². The fraction of sp³-hybridized carbons (Fsp3) is 0.235. The monoisotopic (exact) mass is 267 g/mol. The molecule has 0 saturated carbocycles. The molecule has 20 heavy (non-hydrogen) atoms. The lowest BCUT2D eigenvalue weighted by atomic mass is 10.0. The zero-order valence-electron chi connectivity index (χ0n) is 11.2. The van der Waals surface area contributed by atoms with Crippen molar-refractivity contribution in [2.75, 3.05) is 6.54 Å². The van der Waals surface area contributed by atoms with E-state index in [9.17, 15) is 4.79 Å². The zero-order chi connectivity index (χ0) is 13.8. The Morgan fingerprint density at radius 2 is 1.65 bits per heavy atom. The Labute approximate surface area is 118 Å². The molecule has 0 unspecified atom stereocenters. The number of ether oxygens (including phenoxy) is 1. The summed E-state index contributed by atoms with van der Waals surface area (Å²) in [7, 11) is 0. The fourth-order valence-corrected chi connectivity index (χ4v) is 2.45. The van der Waals surface area contributed by atoms with Crippen LogP contribution in [-0.2, 0) is 16.0 Å². The van der Waals surface area contributed by atoms with Crippen molar-refractivity contribution >= 4 is 5.91 Å². The summed E-state index contributed by atoms with van der Waals surface area (Å²) in [5.41, 5.74) is 2.21. The van der Waals surface area contributed by atoms with Crippen LogP contribution in [0.15, 0.2) is 60.7 Å². The second-order valence-corrected chi connectivity index (χ2v) is 4.96. The highest BCUT2D eigenvalue weighted by atomic mass is 16.5. The van der Waals surface area contributed by atoms with Crippen LogP contribution in [0, 0.1) is 0 Å². The van der Waals surface area contributed by atoms with E-state index in [0.717, 1.165) is 11.1 Å². The number of carbonyl (C=O) groups excluding carboxylic acids is 1. The second kappa shape index (κ2) is 5.88. The van der Waals surface area contributed by atoms with E-state index in [1.807, 2.05) is 60.7 Å². The number of benzene rings is 2. The van der Waals surface area contributed by atoms with Crippen molar-refractivity contribution < 1.29 is 9.53 Å². The van der Waals surface area contributed by atoms with Gasteiger partial charge in [0, 0.05) is 13.0 Å². The van der Waals surface area contributed by atoms with Crippen LogP contribution in [0.25, 0.3) is 0 Å². The summed E-state index contributed by atoms with van der Waals surface area (Å²) in [6, 6.07) is 20.0. The van der Waals surface area contributed by atoms with Gasteiger partial charge in [0.2, 0.25) is 5.91 Å². The van der Waals surface area contributed by atoms with Crippen LogP contribution in [0.3, 0.4) is 0 Å². The first-order chi connectivity index (χ1) is 9.83. The van der Waals surface area contributed by atoms with E-state index in [0.29, 0.717) is 13.0 Å². The Bertz CT molecular complexity index is 568. The van der Waals surface area contributed by atoms with Gasteiger partial charge < -0.3 is 10.1 Å². The van der Waals surface area contributed by atoms with Crippen molar-refractivity contribution in [2.45, 2.75) is 18.6 Å². The second-order valence-electron chi connectivity index (χ2n) is 4.96. The normalized spacial score (nSPS) is 22.3. The molecule has 3 rings (SSSR count). The van der Waals surface area contributed by atoms with Crippen LogP contribution < -0.4 is 5.32 Å². The van der Waals surface area contributed by atoms with E-state index in [4.69, 9.17) is 4.74 Å². The summed E-state index contributed by atoms with van der Waals surface area (Å²) in [5.74, 6) is -0.0268. The van der Waals surface area contributed by atoms with E-state index < -0.39 is 6.10 Å². The maximum atomic E-state index is 11.9. The third-order valence-electron chi connectivity index (χ3n) is 3.52. The van der Waals surface area contributed by atoms with Gasteiger partial charge in [-0.15, -0.1) is 0 Å². The summed E-state index contributed by atoms with van der Waals surface area (Å²) < 4.78 is 5.98. The third kappa shape index (κ3) is 2.89. The first kappa shape index (κ1) is 12.9. The predicted octanol–water partition coefficient (Wildman–Crippen LogP) is 2.49. The quantitative estimate of drug-likeness (QED) is 0.928. The first-order valence-electron chi connectivity index (χ1n) is 6.85. The van der Waals surface area contributed by atoms with Crippen LogP contribution in [0.1, 0.15) is 17.2 Å². The molecule has 2 aromatic carbocycles. The SMILES string of the molecule is O=C1NC[C@@H](c2ccccc2)O[C@H]1Cc1ccccc1. The number of hydrogen-bond acceptors (Lipinski definition) is 2. The minimum atomic E-state index is -0.420. The largest absolute Gasteiger partial charge is 0.358 e. The number of morpholine rings is 1. The summed E-state index contributed by atoms with van der Waals surface area (Å²) in [6.07, 6.45) is 0.120. The third-order valence-corrected chi connectivity index (χ3v) is 3.52. The highest BCUT2D eigenvalue weighted by Gasteiger charge is 2.29. The highest BCUT2D eigenvalue weighted by Crippen LogP contribution is 2.23. The van der Waals surface area contributed by atoms with Gasteiger partial charge in [-0.25, -0.2) is 0 Å². The topological polar surface area (TPSA) is 38.3 Å². The van der Waals surface area contributed by atoms with Gasteiger partial charge in [0.1, 0.15) is 12.2 Å². The van der Waals surface area contributed by atoms with Crippen LogP contribution in [0.2, 0.25) is 0 Å². The fourth-order valence-electron chi connectivity index (χ4n) is 2.45. The molecule has 3 nitrogen and oxygen atoms in total. The molecule has 2 atom stereocenters. The molecule has 0 aromatic heterocycles. The maximum absolute atomic E-state index is 11.9. The molecule has 1 N–H and O–H groups in total. The van der Waals surface area contributed by atoms with Crippen molar-refractivity contribution in [1.29, 1.82) is 0 Å². The minimum Gasteiger partial charge on any atom is -0.358 e. The van der Waals surface area contributed by atoms with E-state index in [1.165, 1.54) is 0 Å². The van der Waals surface area contributed by atoms with Gasteiger partial charge in [-0.05, 0) is 11.1 Å². The number of amides is 1. The van der Waals surface area contributed by atoms with Crippen LogP contribution in [-0.4, -0.2) is 18.6 Å². The zero-order valence-corrected chi connectivity index (χ0v) is 11.2. The Balaban J connectivity index is 1.72. The van der Waals surface area contributed by atoms with Crippen molar-refractivity contribution in [3.63, 3.8) is 0 Å². The van der Waals surface area contributed by atoms with Gasteiger partial charge in [-0.2, -0.15) is 0 Å². The van der Waals surface area contributed by atoms with Crippen molar-refractivity contribution in [3.8, 4) is 0 Å². The number of nitrogens with one attached hydrogen (secondary N) is 1. The van der Waals surface area contributed by atoms with Crippen LogP contribution in [0.4, 0.5) is 0 Å². The summed E-state index contributed by atoms with van der Waals surface area (Å²) in [4.78, 5) is 11.9. The molecule has 3 heteroatoms. The average molecular weight is 267 g/mol. The molecule has 1 aliphatic rings. The van der Waals surface area contributed by atoms with Crippen LogP contribution in [0.5, 0.6) is 0 Å². The first-order valence-corrected chi connectivity index (χ1v) is 6.85. The maximum Gasteiger partial charge on any atom is 0.249 e. The Morgan fingerprint density at radius 3 is 2.35 bits per heavy atom. The molecule has 0 bridgehead atoms. The van der Waals surface area contributed by atoms with Gasteiger partial charge >= 0.3 is 0 Å². The number of carbonyl (C=O) groups is 1. The molecule has 1 aliphatic heterocycles. The van der Waals surface area contributed by atoms with Crippen LogP contribution >= 0.6 is 0 Å². The lowest BCUT2D eigenvalue weighted by molar-refractivity contribution is -0.144. The molecule has 0 radical (unpaired) electrons. The summed E-state index contributed by atoms with van der Waals surface area (Å²) in [6.45, 7) is 0.536. The molecule has 0 aliphatic carbocycles. The van der Waals surface area contributed by atoms with Gasteiger partial charge in [0.15, 0.2) is 0 Å². The molecular weight excluding hydrogens is 250 g/mol. The van der Waals surface area contributed by atoms with E-state index in [1.54, 1.807) is 0 Å². The van der Waals surface area contributed by atoms with Gasteiger partial charge in [0.05, 0.1) is 0 Å². The number of hydrogen-bond donors (Lipinski definition) is 1. The molecule has 1 amide bonds. The van der Waals surface area contributed by atoms with Gasteiger partial charge in [-0.1, -0.05) is 60.7 Å². The lowest BCUT2D eigenvalue weighted by Gasteiger charge is -2.30. The molecule has 1 fully saturated rings.